The van der Waals surface area contributed by atoms with Crippen molar-refractivity contribution in [1.82, 2.24) is 40.4 Å². The van der Waals surface area contributed by atoms with Crippen molar-refractivity contribution in [2.75, 3.05) is 5.08 Å². The fraction of sp³-hybridized carbons (Fsp3) is 0.0667. The quantitative estimate of drug-likeness (QED) is 0.379. The lowest BCUT2D eigenvalue weighted by Gasteiger charge is -2.04. The Kier molecular flexibility index (Phi) is 4.70. The second-order valence-electron chi connectivity index (χ2n) is 4.82. The lowest BCUT2D eigenvalue weighted by molar-refractivity contribution is 0.756. The van der Waals surface area contributed by atoms with Gasteiger partial charge in [0.1, 0.15) is 0 Å². The van der Waals surface area contributed by atoms with E-state index in [0.29, 0.717) is 5.08 Å². The molecule has 0 aliphatic heterocycles. The van der Waals surface area contributed by atoms with Crippen LogP contribution in [0.5, 0.6) is 0 Å². The number of benzene rings is 2. The molecule has 2 aromatic heterocycles. The molecule has 0 N–H and O–H groups in total. The van der Waals surface area contributed by atoms with Crippen LogP contribution in [0.25, 0.3) is 11.4 Å². The zero-order chi connectivity index (χ0) is 16.9. The van der Waals surface area contributed by atoms with Gasteiger partial charge in [-0.05, 0) is 45.1 Å². The van der Waals surface area contributed by atoms with Crippen molar-refractivity contribution >= 4 is 23.5 Å². The van der Waals surface area contributed by atoms with Crippen molar-refractivity contribution in [3.8, 4) is 11.4 Å². The van der Waals surface area contributed by atoms with E-state index in [4.69, 9.17) is 0 Å². The number of para-hydroxylation sites is 2. The molecule has 2 aromatic carbocycles. The molecule has 8 nitrogen and oxygen atoms in total. The maximum Gasteiger partial charge on any atom is 0.214 e. The van der Waals surface area contributed by atoms with Gasteiger partial charge in [0.25, 0.3) is 0 Å². The van der Waals surface area contributed by atoms with E-state index in [1.165, 1.54) is 23.5 Å². The third-order valence-electron chi connectivity index (χ3n) is 3.26. The summed E-state index contributed by atoms with van der Waals surface area (Å²) in [5, 5.41) is 25.9. The first-order valence-corrected chi connectivity index (χ1v) is 9.32. The van der Waals surface area contributed by atoms with Crippen LogP contribution in [0.1, 0.15) is 0 Å². The Morgan fingerprint density at radius 1 is 0.640 bits per heavy atom. The SMILES string of the molecule is c1ccc(-n2nnnc2SCSc2nnnn2-c2ccccc2)cc1. The van der Waals surface area contributed by atoms with Crippen LogP contribution in [0.3, 0.4) is 0 Å². The number of hydrogen-bond donors (Lipinski definition) is 0. The maximum absolute atomic E-state index is 4.09. The van der Waals surface area contributed by atoms with Crippen LogP contribution in [-0.4, -0.2) is 45.5 Å². The molecule has 124 valence electrons. The highest BCUT2D eigenvalue weighted by Gasteiger charge is 2.12. The van der Waals surface area contributed by atoms with Crippen molar-refractivity contribution < 1.29 is 0 Å². The Morgan fingerprint density at radius 2 is 1.08 bits per heavy atom. The molecule has 10 heteroatoms. The molecule has 0 unspecified atom stereocenters. The fourth-order valence-corrected chi connectivity index (χ4v) is 3.93. The van der Waals surface area contributed by atoms with Gasteiger partial charge in [-0.1, -0.05) is 59.9 Å². The Labute approximate surface area is 151 Å². The highest BCUT2D eigenvalue weighted by atomic mass is 32.2. The summed E-state index contributed by atoms with van der Waals surface area (Å²) in [4.78, 5) is 0. The second kappa shape index (κ2) is 7.45. The summed E-state index contributed by atoms with van der Waals surface area (Å²) >= 11 is 3.06. The van der Waals surface area contributed by atoms with Crippen molar-refractivity contribution in [3.63, 3.8) is 0 Å². The lowest BCUT2D eigenvalue weighted by Crippen LogP contribution is -2.00. The van der Waals surface area contributed by atoms with Crippen LogP contribution in [-0.2, 0) is 0 Å². The van der Waals surface area contributed by atoms with Crippen LogP contribution in [0.4, 0.5) is 0 Å². The molecule has 0 saturated carbocycles. The first kappa shape index (κ1) is 15.8. The number of aromatic nitrogens is 8. The van der Waals surface area contributed by atoms with Crippen molar-refractivity contribution in [3.05, 3.63) is 60.7 Å². The zero-order valence-electron chi connectivity index (χ0n) is 12.9. The number of tetrazole rings is 2. The molecule has 0 radical (unpaired) electrons. The van der Waals surface area contributed by atoms with Gasteiger partial charge in [0.15, 0.2) is 0 Å². The molecule has 0 spiro atoms. The average Bonchev–Trinajstić information content (AvgIpc) is 3.33. The van der Waals surface area contributed by atoms with E-state index in [0.717, 1.165) is 21.7 Å². The number of thioether (sulfide) groups is 2. The van der Waals surface area contributed by atoms with Gasteiger partial charge in [-0.25, -0.2) is 0 Å². The molecule has 0 fully saturated rings. The molecular formula is C15H12N8S2. The summed E-state index contributed by atoms with van der Waals surface area (Å²) in [6.45, 7) is 0. The van der Waals surface area contributed by atoms with Crippen LogP contribution >= 0.6 is 23.5 Å². The standard InChI is InChI=1S/C15H12N8S2/c1-3-7-12(8-4-1)22-14(16-18-20-22)24-11-25-15-17-19-21-23(15)13-9-5-2-6-10-13/h1-10H,11H2. The molecule has 4 rings (SSSR count). The predicted molar refractivity (Wildman–Crippen MR) is 94.9 cm³/mol. The van der Waals surface area contributed by atoms with E-state index in [2.05, 4.69) is 31.1 Å². The Hall–Kier alpha value is -2.72. The first-order chi connectivity index (χ1) is 12.4. The average molecular weight is 368 g/mol. The lowest BCUT2D eigenvalue weighted by atomic mass is 10.3. The van der Waals surface area contributed by atoms with Crippen molar-refractivity contribution in [2.24, 2.45) is 0 Å². The third kappa shape index (κ3) is 3.54. The number of rotatable bonds is 6. The van der Waals surface area contributed by atoms with E-state index < -0.39 is 0 Å². The van der Waals surface area contributed by atoms with Gasteiger partial charge in [0.2, 0.25) is 10.3 Å². The summed E-state index contributed by atoms with van der Waals surface area (Å²) in [6.07, 6.45) is 0. The van der Waals surface area contributed by atoms with Crippen LogP contribution in [0, 0.1) is 0 Å². The van der Waals surface area contributed by atoms with Crippen molar-refractivity contribution in [2.45, 2.75) is 10.3 Å². The van der Waals surface area contributed by atoms with E-state index in [1.54, 1.807) is 9.36 Å². The molecule has 0 atom stereocenters. The van der Waals surface area contributed by atoms with Gasteiger partial charge in [0.05, 0.1) is 16.5 Å². The molecule has 4 aromatic rings. The summed E-state index contributed by atoms with van der Waals surface area (Å²) < 4.78 is 3.43. The van der Waals surface area contributed by atoms with Gasteiger partial charge in [-0.3, -0.25) is 0 Å². The highest BCUT2D eigenvalue weighted by molar-refractivity contribution is 8.15. The zero-order valence-corrected chi connectivity index (χ0v) is 14.5. The predicted octanol–water partition coefficient (Wildman–Crippen LogP) is 2.48. The van der Waals surface area contributed by atoms with Gasteiger partial charge in [-0.2, -0.15) is 9.36 Å². The Bertz CT molecular complexity index is 861. The molecule has 0 amide bonds. The topological polar surface area (TPSA) is 87.2 Å². The highest BCUT2D eigenvalue weighted by Crippen LogP contribution is 2.26. The maximum atomic E-state index is 4.09. The molecule has 25 heavy (non-hydrogen) atoms. The minimum atomic E-state index is 0.681. The van der Waals surface area contributed by atoms with E-state index in [9.17, 15) is 0 Å². The summed E-state index contributed by atoms with van der Waals surface area (Å²) in [7, 11) is 0. The molecule has 0 saturated heterocycles. The molecule has 0 aliphatic rings. The minimum Gasteiger partial charge on any atom is -0.187 e. The minimum absolute atomic E-state index is 0.681. The molecule has 2 heterocycles. The summed E-state index contributed by atoms with van der Waals surface area (Å²) in [5.41, 5.74) is 1.85. The molecular weight excluding hydrogens is 356 g/mol. The number of nitrogens with zero attached hydrogens (tertiary/aromatic N) is 8. The van der Waals surface area contributed by atoms with E-state index >= 15 is 0 Å². The normalized spacial score (nSPS) is 10.9. The number of hydrogen-bond acceptors (Lipinski definition) is 8. The molecule has 0 aliphatic carbocycles. The first-order valence-electron chi connectivity index (χ1n) is 7.35. The Morgan fingerprint density at radius 3 is 1.52 bits per heavy atom. The summed E-state index contributed by atoms with van der Waals surface area (Å²) in [5.74, 6) is 0. The van der Waals surface area contributed by atoms with Crippen LogP contribution in [0.2, 0.25) is 0 Å². The third-order valence-corrected chi connectivity index (χ3v) is 5.23. The smallest absolute Gasteiger partial charge is 0.187 e. The Balaban J connectivity index is 1.45. The summed E-state index contributed by atoms with van der Waals surface area (Å²) in [6, 6.07) is 19.6. The van der Waals surface area contributed by atoms with E-state index in [1.807, 2.05) is 60.7 Å². The van der Waals surface area contributed by atoms with Gasteiger partial charge in [-0.15, -0.1) is 10.2 Å². The second-order valence-corrected chi connectivity index (χ2v) is 7.07. The largest absolute Gasteiger partial charge is 0.214 e. The monoisotopic (exact) mass is 368 g/mol. The van der Waals surface area contributed by atoms with E-state index in [-0.39, 0.29) is 0 Å². The van der Waals surface area contributed by atoms with Crippen LogP contribution < -0.4 is 0 Å². The fourth-order valence-electron chi connectivity index (χ4n) is 2.14. The van der Waals surface area contributed by atoms with Crippen molar-refractivity contribution in [1.29, 1.82) is 0 Å². The van der Waals surface area contributed by atoms with Gasteiger partial charge in [0, 0.05) is 0 Å². The molecule has 0 bridgehead atoms. The van der Waals surface area contributed by atoms with Crippen LogP contribution in [0.15, 0.2) is 71.0 Å². The van der Waals surface area contributed by atoms with Gasteiger partial charge < -0.3 is 0 Å². The van der Waals surface area contributed by atoms with Gasteiger partial charge >= 0.3 is 0 Å².